The Morgan fingerprint density at radius 1 is 1.05 bits per heavy atom. The zero-order chi connectivity index (χ0) is 30.0. The van der Waals surface area contributed by atoms with Gasteiger partial charge < -0.3 is 50.1 Å². The molecule has 1 amide bonds. The second-order valence-electron chi connectivity index (χ2n) is 8.44. The smallest absolute Gasteiger partial charge is 0.394 e. The standard InChI is InChI=1S/C17H27N3O17P2S/c21-3-6-11(24)13(26)10(18-9(23)5-40)16(35-6)36-39(31,32)37-38(29,30)33-4-7-12(25)14(27)15(34-7)20-2-1-8(22)19-17(20)28/h1-2,6-7,10-16,21,24-27,40H,3-5H2,(H,18,23)(H,29,30)(H,31,32)(H,19,22,28)/t6-,7-,10-,11+,12-,13-,14-,15-,16-/m1/s1. The van der Waals surface area contributed by atoms with Gasteiger partial charge >= 0.3 is 21.3 Å². The van der Waals surface area contributed by atoms with Crippen molar-refractivity contribution in [3.63, 3.8) is 0 Å². The fourth-order valence-corrected chi connectivity index (χ4v) is 6.01. The summed E-state index contributed by atoms with van der Waals surface area (Å²) in [6, 6.07) is -0.813. The molecule has 2 unspecified atom stereocenters. The Hall–Kier alpha value is -1.52. The number of carbonyl (C=O) groups is 1. The highest BCUT2D eigenvalue weighted by Crippen LogP contribution is 2.61. The molecule has 0 spiro atoms. The maximum absolute atomic E-state index is 12.5. The molecule has 3 heterocycles. The van der Waals surface area contributed by atoms with Crippen molar-refractivity contribution in [1.82, 2.24) is 14.9 Å². The number of hydrogen-bond donors (Lipinski definition) is 10. The van der Waals surface area contributed by atoms with Crippen LogP contribution in [0, 0.1) is 0 Å². The summed E-state index contributed by atoms with van der Waals surface area (Å²) < 4.78 is 49.3. The van der Waals surface area contributed by atoms with Crippen molar-refractivity contribution in [2.24, 2.45) is 0 Å². The molecular weight excluding hydrogens is 612 g/mol. The molecule has 2 aliphatic heterocycles. The van der Waals surface area contributed by atoms with Crippen LogP contribution in [0.5, 0.6) is 0 Å². The van der Waals surface area contributed by atoms with E-state index in [1.165, 1.54) is 0 Å². The summed E-state index contributed by atoms with van der Waals surface area (Å²) in [6.45, 7) is -1.95. The minimum Gasteiger partial charge on any atom is -0.394 e. The summed E-state index contributed by atoms with van der Waals surface area (Å²) >= 11 is 3.71. The van der Waals surface area contributed by atoms with Crippen LogP contribution in [0.1, 0.15) is 6.23 Å². The molecule has 228 valence electrons. The number of carbonyl (C=O) groups excluding carboxylic acids is 1. The molecular formula is C17H27N3O17P2S. The van der Waals surface area contributed by atoms with Gasteiger partial charge in [-0.3, -0.25) is 28.2 Å². The average molecular weight is 639 g/mol. The average Bonchev–Trinajstić information content (AvgIpc) is 3.14. The number of phosphoric acid groups is 2. The Kier molecular flexibility index (Phi) is 10.9. The van der Waals surface area contributed by atoms with Crippen molar-refractivity contribution < 1.29 is 72.1 Å². The molecule has 0 aliphatic carbocycles. The minimum absolute atomic E-state index is 0.427. The predicted molar refractivity (Wildman–Crippen MR) is 129 cm³/mol. The van der Waals surface area contributed by atoms with Crippen LogP contribution in [-0.4, -0.2) is 119 Å². The van der Waals surface area contributed by atoms with E-state index in [-0.39, 0.29) is 0 Å². The Bertz CT molecular complexity index is 1260. The van der Waals surface area contributed by atoms with E-state index < -0.39 is 107 Å². The van der Waals surface area contributed by atoms with Crippen LogP contribution in [0.3, 0.4) is 0 Å². The molecule has 9 N–H and O–H groups in total. The first-order chi connectivity index (χ1) is 18.6. The van der Waals surface area contributed by atoms with Crippen molar-refractivity contribution in [2.45, 2.75) is 55.2 Å². The molecule has 1 aromatic heterocycles. The molecule has 0 aromatic carbocycles. The van der Waals surface area contributed by atoms with Crippen LogP contribution in [0.2, 0.25) is 0 Å². The van der Waals surface area contributed by atoms with Gasteiger partial charge in [-0.2, -0.15) is 16.9 Å². The molecule has 1 aromatic rings. The summed E-state index contributed by atoms with van der Waals surface area (Å²) in [5.74, 6) is -1.27. The van der Waals surface area contributed by atoms with E-state index in [1.807, 2.05) is 4.98 Å². The first kappa shape index (κ1) is 33.0. The highest BCUT2D eigenvalue weighted by molar-refractivity contribution is 7.81. The van der Waals surface area contributed by atoms with Crippen molar-refractivity contribution in [2.75, 3.05) is 19.0 Å². The maximum atomic E-state index is 12.5. The SMILES string of the molecule is O=C(CS)N[C@H]1[C@@H](OP(=O)(O)OP(=O)(O)OC[C@H]2O[C@@H](n3ccc(=O)[nH]c3=O)[C@H](O)[C@@H]2O)O[C@H](CO)[C@H](O)[C@@H]1O. The third-order valence-corrected chi connectivity index (χ3v) is 8.55. The molecule has 3 rings (SSSR count). The lowest BCUT2D eigenvalue weighted by atomic mass is 9.97. The number of amides is 1. The van der Waals surface area contributed by atoms with Crippen LogP contribution in [0.25, 0.3) is 0 Å². The predicted octanol–water partition coefficient (Wildman–Crippen LogP) is -4.74. The molecule has 0 saturated carbocycles. The topological polar surface area (TPSA) is 306 Å². The van der Waals surface area contributed by atoms with Gasteiger partial charge in [0.15, 0.2) is 12.5 Å². The van der Waals surface area contributed by atoms with Crippen molar-refractivity contribution >= 4 is 34.2 Å². The van der Waals surface area contributed by atoms with E-state index in [4.69, 9.17) is 9.47 Å². The maximum Gasteiger partial charge on any atom is 0.483 e. The van der Waals surface area contributed by atoms with E-state index >= 15 is 0 Å². The largest absolute Gasteiger partial charge is 0.483 e. The Morgan fingerprint density at radius 3 is 2.30 bits per heavy atom. The second kappa shape index (κ2) is 13.2. The molecule has 0 radical (unpaired) electrons. The third-order valence-electron chi connectivity index (χ3n) is 5.66. The number of aliphatic hydroxyl groups is 5. The van der Waals surface area contributed by atoms with Gasteiger partial charge in [0.25, 0.3) is 5.56 Å². The molecule has 40 heavy (non-hydrogen) atoms. The summed E-state index contributed by atoms with van der Waals surface area (Å²) in [7, 11) is -11.2. The quantitative estimate of drug-likeness (QED) is 0.0803. The number of H-pyrrole nitrogens is 1. The van der Waals surface area contributed by atoms with Gasteiger partial charge in [-0.05, 0) is 0 Å². The van der Waals surface area contributed by atoms with Gasteiger partial charge in [0.2, 0.25) is 5.91 Å². The highest BCUT2D eigenvalue weighted by atomic mass is 32.1. The number of nitrogens with zero attached hydrogens (tertiary/aromatic N) is 1. The van der Waals surface area contributed by atoms with E-state index in [0.29, 0.717) is 0 Å². The highest BCUT2D eigenvalue weighted by Gasteiger charge is 2.50. The Morgan fingerprint density at radius 2 is 1.70 bits per heavy atom. The third kappa shape index (κ3) is 7.85. The van der Waals surface area contributed by atoms with Crippen molar-refractivity contribution in [1.29, 1.82) is 0 Å². The first-order valence-electron chi connectivity index (χ1n) is 11.1. The van der Waals surface area contributed by atoms with Crippen LogP contribution < -0.4 is 16.6 Å². The van der Waals surface area contributed by atoms with Crippen molar-refractivity contribution in [3.8, 4) is 0 Å². The summed E-state index contributed by atoms with van der Waals surface area (Å²) in [5, 5.41) is 52.1. The fourth-order valence-electron chi connectivity index (χ4n) is 3.75. The zero-order valence-electron chi connectivity index (χ0n) is 20.0. The number of ether oxygens (including phenoxy) is 2. The molecule has 23 heteroatoms. The van der Waals surface area contributed by atoms with Crippen molar-refractivity contribution in [3.05, 3.63) is 33.1 Å². The lowest BCUT2D eigenvalue weighted by Gasteiger charge is -2.42. The molecule has 2 aliphatic rings. The number of thiol groups is 1. The number of aliphatic hydroxyl groups excluding tert-OH is 5. The van der Waals surface area contributed by atoms with Crippen LogP contribution in [-0.2, 0) is 36.8 Å². The minimum atomic E-state index is -5.65. The summed E-state index contributed by atoms with van der Waals surface area (Å²) in [4.78, 5) is 56.8. The van der Waals surface area contributed by atoms with Gasteiger partial charge in [0.1, 0.15) is 42.7 Å². The number of hydrogen-bond acceptors (Lipinski definition) is 16. The van der Waals surface area contributed by atoms with Gasteiger partial charge in [0, 0.05) is 12.3 Å². The second-order valence-corrected chi connectivity index (χ2v) is 11.8. The molecule has 11 atom stereocenters. The van der Waals surface area contributed by atoms with Crippen LogP contribution in [0.15, 0.2) is 21.9 Å². The van der Waals surface area contributed by atoms with Gasteiger partial charge in [-0.1, -0.05) is 0 Å². The molecule has 2 saturated heterocycles. The van der Waals surface area contributed by atoms with E-state index in [9.17, 15) is 58.8 Å². The lowest BCUT2D eigenvalue weighted by Crippen LogP contribution is -2.64. The Labute approximate surface area is 228 Å². The fraction of sp³-hybridized carbons (Fsp3) is 0.706. The summed E-state index contributed by atoms with van der Waals surface area (Å²) in [6.07, 6.45) is -13.2. The van der Waals surface area contributed by atoms with Crippen LogP contribution in [0.4, 0.5) is 0 Å². The van der Waals surface area contributed by atoms with E-state index in [1.54, 1.807) is 0 Å². The number of aromatic nitrogens is 2. The molecule has 20 nitrogen and oxygen atoms in total. The zero-order valence-corrected chi connectivity index (χ0v) is 22.7. The van der Waals surface area contributed by atoms with E-state index in [2.05, 4.69) is 31.3 Å². The van der Waals surface area contributed by atoms with Gasteiger partial charge in [0.05, 0.1) is 19.0 Å². The Balaban J connectivity index is 1.66. The number of aromatic amines is 1. The first-order valence-corrected chi connectivity index (χ1v) is 14.8. The van der Waals surface area contributed by atoms with E-state index in [0.717, 1.165) is 16.8 Å². The van der Waals surface area contributed by atoms with Gasteiger partial charge in [-0.15, -0.1) is 0 Å². The van der Waals surface area contributed by atoms with Gasteiger partial charge in [-0.25, -0.2) is 13.9 Å². The normalized spacial score (nSPS) is 35.5. The lowest BCUT2D eigenvalue weighted by molar-refractivity contribution is -0.247. The number of phosphoric ester groups is 2. The van der Waals surface area contributed by atoms with Crippen LogP contribution >= 0.6 is 28.3 Å². The monoisotopic (exact) mass is 639 g/mol. The molecule has 2 fully saturated rings. The summed E-state index contributed by atoms with van der Waals surface area (Å²) in [5.41, 5.74) is -1.76. The number of rotatable bonds is 11. The molecule has 0 bridgehead atoms. The number of nitrogens with one attached hydrogen (secondary N) is 2.